The van der Waals surface area contributed by atoms with Crippen molar-refractivity contribution in [2.24, 2.45) is 0 Å². The number of benzene rings is 1. The van der Waals surface area contributed by atoms with E-state index in [0.29, 0.717) is 30.1 Å². The number of hydrogen-bond donors (Lipinski definition) is 1. The van der Waals surface area contributed by atoms with E-state index in [9.17, 15) is 14.7 Å². The van der Waals surface area contributed by atoms with E-state index in [2.05, 4.69) is 6.58 Å². The quantitative estimate of drug-likeness (QED) is 0.581. The summed E-state index contributed by atoms with van der Waals surface area (Å²) in [4.78, 5) is 21.1. The highest BCUT2D eigenvalue weighted by Gasteiger charge is 2.07. The molecule has 0 bridgehead atoms. The molecule has 0 atom stereocenters. The third kappa shape index (κ3) is 1.88. The second kappa shape index (κ2) is 4.37. The van der Waals surface area contributed by atoms with Crippen LogP contribution in [0.1, 0.15) is 26.3 Å². The summed E-state index contributed by atoms with van der Waals surface area (Å²) in [5.41, 5.74) is 1.04. The third-order valence-electron chi connectivity index (χ3n) is 1.87. The van der Waals surface area contributed by atoms with Crippen LogP contribution >= 0.6 is 0 Å². The van der Waals surface area contributed by atoms with Crippen LogP contribution < -0.4 is 0 Å². The maximum atomic E-state index is 10.6. The van der Waals surface area contributed by atoms with Crippen molar-refractivity contribution in [3.8, 4) is 5.75 Å². The third-order valence-corrected chi connectivity index (χ3v) is 1.87. The number of carbonyl (C=O) groups excluding carboxylic acids is 2. The molecule has 0 unspecified atom stereocenters. The summed E-state index contributed by atoms with van der Waals surface area (Å²) in [7, 11) is 0. The fourth-order valence-electron chi connectivity index (χ4n) is 1.21. The molecule has 14 heavy (non-hydrogen) atoms. The zero-order valence-electron chi connectivity index (χ0n) is 7.56. The van der Waals surface area contributed by atoms with Crippen molar-refractivity contribution in [3.05, 3.63) is 41.5 Å². The molecular formula is C11H10O3. The minimum atomic E-state index is -0.0782. The first kappa shape index (κ1) is 10.2. The van der Waals surface area contributed by atoms with Crippen LogP contribution in [-0.2, 0) is 6.42 Å². The Morgan fingerprint density at radius 2 is 2.00 bits per heavy atom. The fourth-order valence-corrected chi connectivity index (χ4v) is 1.21. The predicted octanol–water partition coefficient (Wildman–Crippen LogP) is 1.75. The molecule has 0 aliphatic heterocycles. The maximum absolute atomic E-state index is 10.6. The van der Waals surface area contributed by atoms with Crippen LogP contribution in [0.15, 0.2) is 24.8 Å². The normalized spacial score (nSPS) is 9.43. The highest BCUT2D eigenvalue weighted by molar-refractivity contribution is 5.85. The first-order valence-electron chi connectivity index (χ1n) is 4.10. The Morgan fingerprint density at radius 1 is 1.29 bits per heavy atom. The van der Waals surface area contributed by atoms with Crippen LogP contribution in [0.4, 0.5) is 0 Å². The van der Waals surface area contributed by atoms with Gasteiger partial charge >= 0.3 is 0 Å². The lowest BCUT2D eigenvalue weighted by Gasteiger charge is -2.05. The molecule has 0 aromatic heterocycles. The fraction of sp³-hybridized carbons (Fsp3) is 0.0909. The summed E-state index contributed by atoms with van der Waals surface area (Å²) in [6, 6.07) is 2.89. The SMILES string of the molecule is C=CCc1cc(C=O)cc(C=O)c1O. The van der Waals surface area contributed by atoms with Gasteiger partial charge in [0.25, 0.3) is 0 Å². The van der Waals surface area contributed by atoms with Crippen LogP contribution in [0.3, 0.4) is 0 Å². The number of phenolic OH excluding ortho intramolecular Hbond substituents is 1. The van der Waals surface area contributed by atoms with E-state index < -0.39 is 0 Å². The molecule has 0 saturated carbocycles. The molecule has 0 aliphatic rings. The lowest BCUT2D eigenvalue weighted by Crippen LogP contribution is -1.92. The molecule has 0 saturated heterocycles. The van der Waals surface area contributed by atoms with Gasteiger partial charge in [-0.25, -0.2) is 0 Å². The Morgan fingerprint density at radius 3 is 2.50 bits per heavy atom. The number of aromatic hydroxyl groups is 1. The van der Waals surface area contributed by atoms with Gasteiger partial charge in [-0.3, -0.25) is 9.59 Å². The standard InChI is InChI=1S/C11H10O3/c1-2-3-9-4-8(6-12)5-10(7-13)11(9)14/h2,4-7,14H,1,3H2. The largest absolute Gasteiger partial charge is 0.507 e. The van der Waals surface area contributed by atoms with Gasteiger partial charge in [-0.05, 0) is 24.1 Å². The van der Waals surface area contributed by atoms with Crippen molar-refractivity contribution >= 4 is 12.6 Å². The van der Waals surface area contributed by atoms with E-state index >= 15 is 0 Å². The zero-order valence-corrected chi connectivity index (χ0v) is 7.56. The molecule has 0 spiro atoms. The van der Waals surface area contributed by atoms with E-state index in [4.69, 9.17) is 0 Å². The number of carbonyl (C=O) groups is 2. The summed E-state index contributed by atoms with van der Waals surface area (Å²) in [5, 5.41) is 9.54. The van der Waals surface area contributed by atoms with Gasteiger partial charge in [-0.15, -0.1) is 6.58 Å². The molecule has 3 heteroatoms. The first-order valence-corrected chi connectivity index (χ1v) is 4.10. The van der Waals surface area contributed by atoms with E-state index in [0.717, 1.165) is 0 Å². The molecule has 0 aliphatic carbocycles. The van der Waals surface area contributed by atoms with Crippen molar-refractivity contribution in [3.63, 3.8) is 0 Å². The topological polar surface area (TPSA) is 54.4 Å². The van der Waals surface area contributed by atoms with Gasteiger partial charge in [0.05, 0.1) is 5.56 Å². The molecule has 0 fully saturated rings. The monoisotopic (exact) mass is 190 g/mol. The van der Waals surface area contributed by atoms with Gasteiger partial charge in [0.1, 0.15) is 12.0 Å². The van der Waals surface area contributed by atoms with Crippen molar-refractivity contribution in [2.45, 2.75) is 6.42 Å². The second-order valence-corrected chi connectivity index (χ2v) is 2.85. The average Bonchev–Trinajstić information content (AvgIpc) is 2.21. The molecule has 0 amide bonds. The molecule has 3 nitrogen and oxygen atoms in total. The Hall–Kier alpha value is -1.90. The number of hydrogen-bond acceptors (Lipinski definition) is 3. The molecule has 1 aromatic rings. The van der Waals surface area contributed by atoms with E-state index in [1.54, 1.807) is 6.08 Å². The van der Waals surface area contributed by atoms with E-state index in [-0.39, 0.29) is 11.3 Å². The molecule has 0 heterocycles. The van der Waals surface area contributed by atoms with Crippen molar-refractivity contribution < 1.29 is 14.7 Å². The Balaban J connectivity index is 3.32. The average molecular weight is 190 g/mol. The highest BCUT2D eigenvalue weighted by Crippen LogP contribution is 2.23. The Bertz CT molecular complexity index is 380. The summed E-state index contributed by atoms with van der Waals surface area (Å²) >= 11 is 0. The van der Waals surface area contributed by atoms with Gasteiger partial charge in [0.2, 0.25) is 0 Å². The van der Waals surface area contributed by atoms with Crippen LogP contribution in [0.2, 0.25) is 0 Å². The van der Waals surface area contributed by atoms with Crippen LogP contribution in [0, 0.1) is 0 Å². The minimum absolute atomic E-state index is 0.0782. The first-order chi connectivity index (χ1) is 6.72. The second-order valence-electron chi connectivity index (χ2n) is 2.85. The number of phenols is 1. The van der Waals surface area contributed by atoms with Crippen molar-refractivity contribution in [2.75, 3.05) is 0 Å². The maximum Gasteiger partial charge on any atom is 0.153 e. The van der Waals surface area contributed by atoms with Crippen molar-refractivity contribution in [1.82, 2.24) is 0 Å². The van der Waals surface area contributed by atoms with Gasteiger partial charge in [-0.2, -0.15) is 0 Å². The highest BCUT2D eigenvalue weighted by atomic mass is 16.3. The molecule has 1 rings (SSSR count). The predicted molar refractivity (Wildman–Crippen MR) is 52.8 cm³/mol. The van der Waals surface area contributed by atoms with Gasteiger partial charge in [-0.1, -0.05) is 6.08 Å². The lowest BCUT2D eigenvalue weighted by atomic mass is 10.0. The number of allylic oxidation sites excluding steroid dienone is 1. The minimum Gasteiger partial charge on any atom is -0.507 e. The van der Waals surface area contributed by atoms with Crippen LogP contribution in [0.5, 0.6) is 5.75 Å². The van der Waals surface area contributed by atoms with E-state index in [1.807, 2.05) is 0 Å². The summed E-state index contributed by atoms with van der Waals surface area (Å²) in [6.45, 7) is 3.52. The molecule has 72 valence electrons. The molecular weight excluding hydrogens is 180 g/mol. The molecule has 1 aromatic carbocycles. The smallest absolute Gasteiger partial charge is 0.153 e. The number of rotatable bonds is 4. The summed E-state index contributed by atoms with van der Waals surface area (Å²) in [6.07, 6.45) is 3.18. The summed E-state index contributed by atoms with van der Waals surface area (Å²) < 4.78 is 0. The lowest BCUT2D eigenvalue weighted by molar-refractivity contribution is 0.112. The van der Waals surface area contributed by atoms with Gasteiger partial charge < -0.3 is 5.11 Å². The number of aldehydes is 2. The Kier molecular flexibility index (Phi) is 3.18. The van der Waals surface area contributed by atoms with Crippen LogP contribution in [-0.4, -0.2) is 17.7 Å². The van der Waals surface area contributed by atoms with Gasteiger partial charge in [0.15, 0.2) is 6.29 Å². The van der Waals surface area contributed by atoms with Gasteiger partial charge in [0, 0.05) is 5.56 Å². The van der Waals surface area contributed by atoms with Crippen molar-refractivity contribution in [1.29, 1.82) is 0 Å². The zero-order chi connectivity index (χ0) is 10.6. The van der Waals surface area contributed by atoms with Crippen LogP contribution in [0.25, 0.3) is 0 Å². The molecule has 0 radical (unpaired) electrons. The Labute approximate surface area is 81.7 Å². The van der Waals surface area contributed by atoms with E-state index in [1.165, 1.54) is 12.1 Å². The summed E-state index contributed by atoms with van der Waals surface area (Å²) in [5.74, 6) is -0.0782. The molecule has 1 N–H and O–H groups in total.